The summed E-state index contributed by atoms with van der Waals surface area (Å²) < 4.78 is 4.51. The molecule has 1 fully saturated rings. The number of nitrogens with zero attached hydrogens (tertiary/aromatic N) is 1. The Morgan fingerprint density at radius 3 is 2.58 bits per heavy atom. The van der Waals surface area contributed by atoms with Gasteiger partial charge in [-0.05, 0) is 26.2 Å². The summed E-state index contributed by atoms with van der Waals surface area (Å²) in [6.45, 7) is 4.15. The molecular weight excluding hydrogens is 248 g/mol. The van der Waals surface area contributed by atoms with Gasteiger partial charge in [-0.2, -0.15) is 0 Å². The average molecular weight is 272 g/mol. The van der Waals surface area contributed by atoms with E-state index in [0.717, 1.165) is 13.1 Å². The second kappa shape index (κ2) is 7.45. The molecule has 6 nitrogen and oxygen atoms in total. The van der Waals surface area contributed by atoms with Crippen LogP contribution in [0.5, 0.6) is 0 Å². The lowest BCUT2D eigenvalue weighted by Crippen LogP contribution is -2.46. The van der Waals surface area contributed by atoms with E-state index in [9.17, 15) is 14.7 Å². The Kier molecular flexibility index (Phi) is 6.24. The average Bonchev–Trinajstić information content (AvgIpc) is 2.37. The summed E-state index contributed by atoms with van der Waals surface area (Å²) in [5.41, 5.74) is -0.590. The van der Waals surface area contributed by atoms with Gasteiger partial charge in [0.15, 0.2) is 0 Å². The molecule has 0 bridgehead atoms. The highest BCUT2D eigenvalue weighted by atomic mass is 16.5. The van der Waals surface area contributed by atoms with Gasteiger partial charge in [-0.1, -0.05) is 0 Å². The van der Waals surface area contributed by atoms with Crippen molar-refractivity contribution in [2.75, 3.05) is 33.3 Å². The highest BCUT2D eigenvalue weighted by Gasteiger charge is 2.27. The van der Waals surface area contributed by atoms with Crippen molar-refractivity contribution >= 4 is 11.9 Å². The number of hydrogen-bond donors (Lipinski definition) is 2. The minimum Gasteiger partial charge on any atom is -0.469 e. The van der Waals surface area contributed by atoms with E-state index in [2.05, 4.69) is 10.1 Å². The van der Waals surface area contributed by atoms with Crippen LogP contribution < -0.4 is 5.32 Å². The molecule has 0 aliphatic carbocycles. The summed E-state index contributed by atoms with van der Waals surface area (Å²) in [5.74, 6) is -0.293. The zero-order valence-corrected chi connectivity index (χ0v) is 11.8. The van der Waals surface area contributed by atoms with Gasteiger partial charge in [-0.25, -0.2) is 0 Å². The number of nitrogens with one attached hydrogen (secondary N) is 1. The van der Waals surface area contributed by atoms with E-state index in [1.54, 1.807) is 0 Å². The number of methoxy groups -OCH3 is 1. The highest BCUT2D eigenvalue weighted by Crippen LogP contribution is 2.20. The highest BCUT2D eigenvalue weighted by molar-refractivity contribution is 5.78. The van der Waals surface area contributed by atoms with Gasteiger partial charge in [0.25, 0.3) is 0 Å². The van der Waals surface area contributed by atoms with Crippen LogP contribution in [-0.4, -0.2) is 60.8 Å². The van der Waals surface area contributed by atoms with Gasteiger partial charge in [-0.3, -0.25) is 14.5 Å². The molecule has 0 atom stereocenters. The monoisotopic (exact) mass is 272 g/mol. The maximum Gasteiger partial charge on any atom is 0.305 e. The molecule has 1 heterocycles. The number of piperidine rings is 1. The lowest BCUT2D eigenvalue weighted by molar-refractivity contribution is -0.140. The first-order valence-corrected chi connectivity index (χ1v) is 6.71. The smallest absolute Gasteiger partial charge is 0.305 e. The van der Waals surface area contributed by atoms with Crippen LogP contribution in [0.25, 0.3) is 0 Å². The number of hydrogen-bond acceptors (Lipinski definition) is 5. The van der Waals surface area contributed by atoms with Crippen molar-refractivity contribution in [3.8, 4) is 0 Å². The van der Waals surface area contributed by atoms with Crippen LogP contribution in [0, 0.1) is 0 Å². The largest absolute Gasteiger partial charge is 0.469 e. The topological polar surface area (TPSA) is 78.9 Å². The number of rotatable bonds is 6. The summed E-state index contributed by atoms with van der Waals surface area (Å²) in [6, 6.07) is 0. The quantitative estimate of drug-likeness (QED) is 0.521. The first-order chi connectivity index (χ1) is 8.93. The third-order valence-corrected chi connectivity index (χ3v) is 3.41. The molecule has 1 rings (SSSR count). The maximum absolute atomic E-state index is 11.7. The maximum atomic E-state index is 11.7. The van der Waals surface area contributed by atoms with Gasteiger partial charge in [0.05, 0.1) is 19.3 Å². The van der Waals surface area contributed by atoms with Crippen molar-refractivity contribution in [3.05, 3.63) is 0 Å². The molecule has 0 unspecified atom stereocenters. The van der Waals surface area contributed by atoms with E-state index >= 15 is 0 Å². The van der Waals surface area contributed by atoms with Crippen LogP contribution in [0.1, 0.15) is 32.6 Å². The summed E-state index contributed by atoms with van der Waals surface area (Å²) >= 11 is 0. The second-order valence-electron chi connectivity index (χ2n) is 5.30. The minimum atomic E-state index is -0.590. The fourth-order valence-electron chi connectivity index (χ4n) is 2.01. The fraction of sp³-hybridized carbons (Fsp3) is 0.846. The third-order valence-electron chi connectivity index (χ3n) is 3.41. The van der Waals surface area contributed by atoms with Gasteiger partial charge < -0.3 is 15.2 Å². The predicted octanol–water partition coefficient (Wildman–Crippen LogP) is -0.0974. The van der Waals surface area contributed by atoms with Gasteiger partial charge >= 0.3 is 5.97 Å². The molecule has 110 valence electrons. The predicted molar refractivity (Wildman–Crippen MR) is 70.6 cm³/mol. The number of aliphatic hydroxyl groups is 1. The van der Waals surface area contributed by atoms with E-state index in [0.29, 0.717) is 38.8 Å². The molecular formula is C13H24N2O4. The Hall–Kier alpha value is -1.14. The Balaban J connectivity index is 2.10. The molecule has 0 aromatic carbocycles. The van der Waals surface area contributed by atoms with Crippen molar-refractivity contribution in [2.45, 2.75) is 38.2 Å². The molecule has 0 aromatic heterocycles. The van der Waals surface area contributed by atoms with E-state index in [1.807, 2.05) is 11.8 Å². The zero-order chi connectivity index (χ0) is 14.3. The molecule has 0 aromatic rings. The molecule has 1 saturated heterocycles. The number of esters is 1. The Labute approximate surface area is 114 Å². The Morgan fingerprint density at radius 1 is 1.37 bits per heavy atom. The summed E-state index contributed by atoms with van der Waals surface area (Å²) in [5, 5.41) is 12.6. The minimum absolute atomic E-state index is 0.0357. The standard InChI is InChI=1S/C13H24N2O4/c1-13(18)5-8-15(9-6-13)10-11(16)14-7-3-4-12(17)19-2/h18H,3-10H2,1-2H3,(H,14,16). The third kappa shape index (κ3) is 6.54. The van der Waals surface area contributed by atoms with Gasteiger partial charge in [-0.15, -0.1) is 0 Å². The van der Waals surface area contributed by atoms with Crippen LogP contribution in [-0.2, 0) is 14.3 Å². The molecule has 6 heteroatoms. The molecule has 1 aliphatic heterocycles. The normalized spacial score (nSPS) is 18.9. The molecule has 0 spiro atoms. The Morgan fingerprint density at radius 2 is 2.00 bits per heavy atom. The number of carbonyl (C=O) groups excluding carboxylic acids is 2. The van der Waals surface area contributed by atoms with Crippen molar-refractivity contribution in [3.63, 3.8) is 0 Å². The van der Waals surface area contributed by atoms with Crippen molar-refractivity contribution < 1.29 is 19.4 Å². The summed E-state index contributed by atoms with van der Waals surface area (Å²) in [7, 11) is 1.35. The van der Waals surface area contributed by atoms with Crippen molar-refractivity contribution in [1.82, 2.24) is 10.2 Å². The van der Waals surface area contributed by atoms with Crippen molar-refractivity contribution in [1.29, 1.82) is 0 Å². The fourth-order valence-corrected chi connectivity index (χ4v) is 2.01. The van der Waals surface area contributed by atoms with E-state index in [1.165, 1.54) is 7.11 Å². The first kappa shape index (κ1) is 15.9. The summed E-state index contributed by atoms with van der Waals surface area (Å²) in [6.07, 6.45) is 2.31. The molecule has 2 N–H and O–H groups in total. The van der Waals surface area contributed by atoms with Crippen LogP contribution in [0.4, 0.5) is 0 Å². The number of amides is 1. The van der Waals surface area contributed by atoms with Crippen LogP contribution in [0.15, 0.2) is 0 Å². The molecule has 1 aliphatic rings. The van der Waals surface area contributed by atoms with Gasteiger partial charge in [0.1, 0.15) is 0 Å². The van der Waals surface area contributed by atoms with Gasteiger partial charge in [0, 0.05) is 26.1 Å². The summed E-state index contributed by atoms with van der Waals surface area (Å²) in [4.78, 5) is 24.6. The van der Waals surface area contributed by atoms with Gasteiger partial charge in [0.2, 0.25) is 5.91 Å². The SMILES string of the molecule is COC(=O)CCCNC(=O)CN1CCC(C)(O)CC1. The van der Waals surface area contributed by atoms with Crippen LogP contribution >= 0.6 is 0 Å². The van der Waals surface area contributed by atoms with E-state index in [-0.39, 0.29) is 11.9 Å². The lowest BCUT2D eigenvalue weighted by atomic mass is 9.94. The number of carbonyl (C=O) groups is 2. The molecule has 0 radical (unpaired) electrons. The lowest BCUT2D eigenvalue weighted by Gasteiger charge is -2.35. The first-order valence-electron chi connectivity index (χ1n) is 6.71. The molecule has 19 heavy (non-hydrogen) atoms. The second-order valence-corrected chi connectivity index (χ2v) is 5.30. The Bertz CT molecular complexity index is 308. The van der Waals surface area contributed by atoms with Crippen molar-refractivity contribution in [2.24, 2.45) is 0 Å². The van der Waals surface area contributed by atoms with Crippen LogP contribution in [0.3, 0.4) is 0 Å². The van der Waals surface area contributed by atoms with Crippen LogP contribution in [0.2, 0.25) is 0 Å². The molecule has 1 amide bonds. The number of ether oxygens (including phenoxy) is 1. The zero-order valence-electron chi connectivity index (χ0n) is 11.8. The van der Waals surface area contributed by atoms with E-state index in [4.69, 9.17) is 0 Å². The number of likely N-dealkylation sites (tertiary alicyclic amines) is 1. The molecule has 0 saturated carbocycles. The van der Waals surface area contributed by atoms with E-state index < -0.39 is 5.60 Å².